The third-order valence-electron chi connectivity index (χ3n) is 3.55. The Morgan fingerprint density at radius 1 is 0.733 bits per heavy atom. The Hall–Kier alpha value is -2.12. The van der Waals surface area contributed by atoms with Gasteiger partial charge in [0.05, 0.1) is 0 Å². The molecule has 1 aromatic rings. The summed E-state index contributed by atoms with van der Waals surface area (Å²) in [6.07, 6.45) is -21.1. The molecule has 0 aliphatic rings. The van der Waals surface area contributed by atoms with Crippen LogP contribution in [0.4, 0.5) is 48.3 Å². The van der Waals surface area contributed by atoms with Gasteiger partial charge in [0, 0.05) is 0 Å². The van der Waals surface area contributed by atoms with Crippen molar-refractivity contribution in [2.24, 2.45) is 0 Å². The van der Waals surface area contributed by atoms with Crippen LogP contribution in [0.3, 0.4) is 0 Å². The van der Waals surface area contributed by atoms with Crippen molar-refractivity contribution in [3.8, 4) is 5.75 Å². The van der Waals surface area contributed by atoms with E-state index in [9.17, 15) is 53.1 Å². The molecule has 0 radical (unpaired) electrons. The van der Waals surface area contributed by atoms with E-state index in [1.807, 2.05) is 0 Å². The molecule has 0 spiro atoms. The summed E-state index contributed by atoms with van der Waals surface area (Å²) in [7, 11) is 0. The first-order chi connectivity index (χ1) is 13.1. The first-order valence-electron chi connectivity index (χ1n) is 7.67. The Bertz CT molecular complexity index is 761. The van der Waals surface area contributed by atoms with E-state index in [0.717, 1.165) is 12.1 Å². The van der Waals surface area contributed by atoms with Gasteiger partial charge in [-0.15, -0.1) is 0 Å². The van der Waals surface area contributed by atoms with Gasteiger partial charge in [-0.2, -0.15) is 48.3 Å². The third kappa shape index (κ3) is 4.95. The van der Waals surface area contributed by atoms with E-state index in [0.29, 0.717) is 5.56 Å². The highest BCUT2D eigenvalue weighted by Crippen LogP contribution is 2.51. The molecule has 0 unspecified atom stereocenters. The molecule has 0 aromatic heterocycles. The first-order valence-corrected chi connectivity index (χ1v) is 7.67. The van der Waals surface area contributed by atoms with Crippen molar-refractivity contribution >= 4 is 5.97 Å². The average molecular weight is 462 g/mol. The molecule has 0 aliphatic heterocycles. The van der Waals surface area contributed by atoms with Crippen LogP contribution >= 0.6 is 0 Å². The third-order valence-corrected chi connectivity index (χ3v) is 3.55. The average Bonchev–Trinajstić information content (AvgIpc) is 2.51. The Labute approximate surface area is 161 Å². The van der Waals surface area contributed by atoms with Gasteiger partial charge in [0.25, 0.3) is 0 Å². The number of carbonyl (C=O) groups excluding carboxylic acids is 1. The van der Waals surface area contributed by atoms with Gasteiger partial charge < -0.3 is 4.74 Å². The standard InChI is InChI=1S/C16H13F11O3/c1-11(2,3)8-4-6-9(7-5-8)29-10(28)12(17,14(20,21)22)30-16(26,27)13(18,19)15(23,24)25/h4-7H,1-3H3/t12-/m0/s1. The Morgan fingerprint density at radius 2 is 1.17 bits per heavy atom. The molecular weight excluding hydrogens is 449 g/mol. The minimum Gasteiger partial charge on any atom is -0.422 e. The number of halogens is 11. The summed E-state index contributed by atoms with van der Waals surface area (Å²) >= 11 is 0. The van der Waals surface area contributed by atoms with E-state index >= 15 is 0 Å². The Balaban J connectivity index is 3.27. The number of hydrogen-bond donors (Lipinski definition) is 0. The Kier molecular flexibility index (Phi) is 6.51. The van der Waals surface area contributed by atoms with Crippen LogP contribution in [-0.4, -0.2) is 36.2 Å². The predicted octanol–water partition coefficient (Wildman–Crippen LogP) is 5.92. The van der Waals surface area contributed by atoms with E-state index in [1.54, 1.807) is 20.8 Å². The van der Waals surface area contributed by atoms with Crippen molar-refractivity contribution in [2.45, 2.75) is 56.4 Å². The number of benzene rings is 1. The number of hydrogen-bond acceptors (Lipinski definition) is 3. The zero-order valence-corrected chi connectivity index (χ0v) is 15.2. The van der Waals surface area contributed by atoms with Gasteiger partial charge in [-0.3, -0.25) is 4.74 Å². The summed E-state index contributed by atoms with van der Waals surface area (Å²) in [5, 5.41) is 0. The number of alkyl halides is 11. The molecule has 172 valence electrons. The lowest BCUT2D eigenvalue weighted by Gasteiger charge is -2.33. The largest absolute Gasteiger partial charge is 0.462 e. The normalized spacial score (nSPS) is 16.2. The van der Waals surface area contributed by atoms with E-state index < -0.39 is 47.4 Å². The molecule has 3 nitrogen and oxygen atoms in total. The second-order valence-electron chi connectivity index (χ2n) is 6.95. The molecule has 1 atom stereocenters. The highest BCUT2D eigenvalue weighted by molar-refractivity contribution is 5.81. The summed E-state index contributed by atoms with van der Waals surface area (Å²) in [6.45, 7) is 5.13. The molecule has 0 saturated carbocycles. The number of ether oxygens (including phenoxy) is 2. The van der Waals surface area contributed by atoms with Crippen LogP contribution in [0.25, 0.3) is 0 Å². The molecular formula is C16H13F11O3. The number of carbonyl (C=O) groups is 1. The molecule has 0 heterocycles. The summed E-state index contributed by atoms with van der Waals surface area (Å²) < 4.78 is 147. The molecule has 0 fully saturated rings. The van der Waals surface area contributed by atoms with Crippen LogP contribution in [0.5, 0.6) is 5.75 Å². The second-order valence-corrected chi connectivity index (χ2v) is 6.95. The Morgan fingerprint density at radius 3 is 1.50 bits per heavy atom. The zero-order chi connectivity index (χ0) is 24.0. The minimum absolute atomic E-state index is 0.493. The molecule has 1 rings (SSSR count). The molecule has 0 aliphatic carbocycles. The maximum absolute atomic E-state index is 14.1. The van der Waals surface area contributed by atoms with Gasteiger partial charge in [0.15, 0.2) is 0 Å². The minimum atomic E-state index is -7.27. The van der Waals surface area contributed by atoms with E-state index in [4.69, 9.17) is 0 Å². The first kappa shape index (κ1) is 25.9. The fraction of sp³-hybridized carbons (Fsp3) is 0.562. The van der Waals surface area contributed by atoms with Crippen molar-refractivity contribution in [3.63, 3.8) is 0 Å². The highest BCUT2D eigenvalue weighted by atomic mass is 19.4. The van der Waals surface area contributed by atoms with Crippen LogP contribution in [0.1, 0.15) is 26.3 Å². The topological polar surface area (TPSA) is 35.5 Å². The number of rotatable bonds is 5. The molecule has 14 heteroatoms. The molecule has 0 amide bonds. The fourth-order valence-electron chi connectivity index (χ4n) is 1.82. The van der Waals surface area contributed by atoms with Gasteiger partial charge in [-0.25, -0.2) is 4.79 Å². The molecule has 0 bridgehead atoms. The van der Waals surface area contributed by atoms with Crippen molar-refractivity contribution in [1.29, 1.82) is 0 Å². The lowest BCUT2D eigenvalue weighted by molar-refractivity contribution is -0.474. The van der Waals surface area contributed by atoms with E-state index in [-0.39, 0.29) is 0 Å². The summed E-state index contributed by atoms with van der Waals surface area (Å²) in [6, 6.07) is 4.03. The van der Waals surface area contributed by atoms with Gasteiger partial charge in [0.1, 0.15) is 5.75 Å². The van der Waals surface area contributed by atoms with Crippen molar-refractivity contribution in [1.82, 2.24) is 0 Å². The van der Waals surface area contributed by atoms with Crippen LogP contribution in [-0.2, 0) is 14.9 Å². The van der Waals surface area contributed by atoms with Crippen LogP contribution in [0.15, 0.2) is 24.3 Å². The smallest absolute Gasteiger partial charge is 0.422 e. The molecule has 0 saturated heterocycles. The summed E-state index contributed by atoms with van der Waals surface area (Å²) in [5.41, 5.74) is 0.0458. The summed E-state index contributed by atoms with van der Waals surface area (Å²) in [4.78, 5) is 11.5. The fourth-order valence-corrected chi connectivity index (χ4v) is 1.82. The molecule has 0 N–H and O–H groups in total. The van der Waals surface area contributed by atoms with Crippen molar-refractivity contribution in [2.75, 3.05) is 0 Å². The van der Waals surface area contributed by atoms with Gasteiger partial charge >= 0.3 is 36.2 Å². The lowest BCUT2D eigenvalue weighted by Crippen LogP contribution is -2.62. The van der Waals surface area contributed by atoms with Gasteiger partial charge in [0.2, 0.25) is 0 Å². The maximum atomic E-state index is 14.1. The maximum Gasteiger partial charge on any atom is 0.462 e. The van der Waals surface area contributed by atoms with E-state index in [2.05, 4.69) is 9.47 Å². The lowest BCUT2D eigenvalue weighted by atomic mass is 9.87. The van der Waals surface area contributed by atoms with E-state index in [1.165, 1.54) is 12.1 Å². The summed E-state index contributed by atoms with van der Waals surface area (Å²) in [5.74, 6) is -17.8. The van der Waals surface area contributed by atoms with Crippen LogP contribution in [0.2, 0.25) is 0 Å². The number of esters is 1. The zero-order valence-electron chi connectivity index (χ0n) is 15.2. The van der Waals surface area contributed by atoms with Crippen LogP contribution < -0.4 is 4.74 Å². The molecule has 1 aromatic carbocycles. The van der Waals surface area contributed by atoms with Crippen LogP contribution in [0, 0.1) is 0 Å². The highest BCUT2D eigenvalue weighted by Gasteiger charge is 2.80. The predicted molar refractivity (Wildman–Crippen MR) is 77.7 cm³/mol. The monoisotopic (exact) mass is 462 g/mol. The van der Waals surface area contributed by atoms with Crippen molar-refractivity contribution in [3.05, 3.63) is 29.8 Å². The van der Waals surface area contributed by atoms with Gasteiger partial charge in [-0.05, 0) is 23.1 Å². The SMILES string of the molecule is CC(C)(C)c1ccc(OC(=O)[C@](F)(OC(F)(F)C(F)(F)C(F)(F)F)C(F)(F)F)cc1. The second kappa shape index (κ2) is 7.54. The quantitative estimate of drug-likeness (QED) is 0.310. The van der Waals surface area contributed by atoms with Crippen molar-refractivity contribution < 1.29 is 62.6 Å². The van der Waals surface area contributed by atoms with Gasteiger partial charge in [-0.1, -0.05) is 32.9 Å². The molecule has 30 heavy (non-hydrogen) atoms.